The van der Waals surface area contributed by atoms with E-state index in [1.807, 2.05) is 0 Å². The van der Waals surface area contributed by atoms with E-state index < -0.39 is 45.3 Å². The number of carbonyl (C=O) groups is 4. The van der Waals surface area contributed by atoms with Crippen molar-refractivity contribution in [3.63, 3.8) is 0 Å². The van der Waals surface area contributed by atoms with Gasteiger partial charge in [0.2, 0.25) is 11.8 Å². The Morgan fingerprint density at radius 1 is 1.25 bits per heavy atom. The topological polar surface area (TPSA) is 190 Å². The molecular formula is C19H20N4O8S. The molecule has 13 heteroatoms. The van der Waals surface area contributed by atoms with Gasteiger partial charge in [0.15, 0.2) is 11.1 Å². The van der Waals surface area contributed by atoms with Crippen LogP contribution in [0.2, 0.25) is 0 Å². The van der Waals surface area contributed by atoms with Gasteiger partial charge >= 0.3 is 6.09 Å². The van der Waals surface area contributed by atoms with Crippen molar-refractivity contribution >= 4 is 39.6 Å². The summed E-state index contributed by atoms with van der Waals surface area (Å²) in [6.45, 7) is 2.54. The molecule has 4 amide bonds. The average molecular weight is 464 g/mol. The summed E-state index contributed by atoms with van der Waals surface area (Å²) in [5.74, 6) is -2.61. The van der Waals surface area contributed by atoms with E-state index in [0.717, 1.165) is 17.9 Å². The maximum absolute atomic E-state index is 13.4. The van der Waals surface area contributed by atoms with Crippen LogP contribution in [0.3, 0.4) is 0 Å². The van der Waals surface area contributed by atoms with E-state index in [1.165, 1.54) is 31.3 Å². The van der Waals surface area contributed by atoms with Gasteiger partial charge in [-0.05, 0) is 30.5 Å². The van der Waals surface area contributed by atoms with Crippen LogP contribution in [-0.2, 0) is 19.7 Å². The Bertz CT molecular complexity index is 1200. The second-order valence-corrected chi connectivity index (χ2v) is 8.76. The fraction of sp³-hybridized carbons (Fsp3) is 0.263. The Balaban J connectivity index is 2.34. The number of benzene rings is 1. The van der Waals surface area contributed by atoms with Crippen LogP contribution in [0.15, 0.2) is 36.1 Å². The van der Waals surface area contributed by atoms with Crippen molar-refractivity contribution in [2.45, 2.75) is 31.7 Å². The zero-order chi connectivity index (χ0) is 24.0. The minimum atomic E-state index is -4.99. The molecule has 32 heavy (non-hydrogen) atoms. The van der Waals surface area contributed by atoms with E-state index in [2.05, 4.69) is 0 Å². The summed E-state index contributed by atoms with van der Waals surface area (Å²) in [7, 11) is -4.99. The Morgan fingerprint density at radius 2 is 1.91 bits per heavy atom. The molecule has 3 rings (SSSR count). The van der Waals surface area contributed by atoms with Gasteiger partial charge in [-0.15, -0.1) is 0 Å². The third kappa shape index (κ3) is 4.07. The largest absolute Gasteiger partial charge is 0.410 e. The molecule has 1 aromatic carbocycles. The Hall–Kier alpha value is -3.71. The summed E-state index contributed by atoms with van der Waals surface area (Å²) in [6.07, 6.45) is 2.27. The smallest absolute Gasteiger partial charge is 0.408 e. The maximum atomic E-state index is 13.4. The zero-order valence-electron chi connectivity index (χ0n) is 17.0. The number of amides is 4. The van der Waals surface area contributed by atoms with Crippen LogP contribution in [-0.4, -0.2) is 53.1 Å². The number of nitrogens with two attached hydrogens (primary N) is 2. The van der Waals surface area contributed by atoms with Gasteiger partial charge in [-0.2, -0.15) is 8.42 Å². The van der Waals surface area contributed by atoms with E-state index in [4.69, 9.17) is 16.2 Å². The Labute approximate surface area is 182 Å². The number of rotatable bonds is 4. The standard InChI is InChI=1S/C19H20N4O8S/c1-9-3-5-12-15(16(9)31-19(21)27)23(10(2)24)18(32(28,29)30)13-7-11(4-6-14(20)25)8-22(13)17(12)26/h3-6,8,13,18H,7H2,1-2H3,(H2,20,25)(H2,21,27)(H,28,29,30)/b6-4+. The van der Waals surface area contributed by atoms with Gasteiger partial charge in [0.05, 0.1) is 11.6 Å². The van der Waals surface area contributed by atoms with E-state index >= 15 is 0 Å². The summed E-state index contributed by atoms with van der Waals surface area (Å²) >= 11 is 0. The van der Waals surface area contributed by atoms with Gasteiger partial charge in [-0.3, -0.25) is 23.8 Å². The third-order valence-electron chi connectivity index (χ3n) is 5.03. The molecule has 170 valence electrons. The molecule has 0 aliphatic carbocycles. The first-order valence-corrected chi connectivity index (χ1v) is 10.7. The highest BCUT2D eigenvalue weighted by Crippen LogP contribution is 2.44. The van der Waals surface area contributed by atoms with Crippen molar-refractivity contribution in [2.24, 2.45) is 11.5 Å². The molecule has 0 saturated heterocycles. The summed E-state index contributed by atoms with van der Waals surface area (Å²) in [5, 5.41) is -1.95. The van der Waals surface area contributed by atoms with Crippen molar-refractivity contribution in [3.05, 3.63) is 47.2 Å². The van der Waals surface area contributed by atoms with Crippen molar-refractivity contribution in [1.29, 1.82) is 0 Å². The van der Waals surface area contributed by atoms with Gasteiger partial charge in [0, 0.05) is 19.2 Å². The van der Waals surface area contributed by atoms with Crippen LogP contribution < -0.4 is 21.1 Å². The predicted octanol–water partition coefficient (Wildman–Crippen LogP) is 0.173. The van der Waals surface area contributed by atoms with Gasteiger partial charge in [-0.25, -0.2) is 4.79 Å². The number of carbonyl (C=O) groups excluding carboxylic acids is 4. The van der Waals surface area contributed by atoms with Crippen LogP contribution in [0.25, 0.3) is 0 Å². The number of hydrogen-bond donors (Lipinski definition) is 3. The number of allylic oxidation sites excluding steroid dienone is 1. The molecule has 0 saturated carbocycles. The Morgan fingerprint density at radius 3 is 2.44 bits per heavy atom. The molecule has 2 unspecified atom stereocenters. The zero-order valence-corrected chi connectivity index (χ0v) is 17.8. The third-order valence-corrected chi connectivity index (χ3v) is 6.17. The minimum Gasteiger partial charge on any atom is -0.408 e. The monoisotopic (exact) mass is 464 g/mol. The molecule has 0 fully saturated rings. The van der Waals surface area contributed by atoms with E-state index in [-0.39, 0.29) is 23.4 Å². The highest BCUT2D eigenvalue weighted by molar-refractivity contribution is 7.86. The van der Waals surface area contributed by atoms with Crippen molar-refractivity contribution in [1.82, 2.24) is 4.90 Å². The lowest BCUT2D eigenvalue weighted by Crippen LogP contribution is -2.54. The van der Waals surface area contributed by atoms with Crippen LogP contribution >= 0.6 is 0 Å². The normalized spacial score (nSPS) is 20.5. The number of aryl methyl sites for hydroxylation is 1. The molecular weight excluding hydrogens is 444 g/mol. The number of hydrogen-bond acceptors (Lipinski definition) is 7. The SMILES string of the molecule is CC(=O)N1c2c(ccc(C)c2OC(N)=O)C(=O)N2C=C(/C=C/C(N)=O)CC2C1S(=O)(=O)O. The highest BCUT2D eigenvalue weighted by Gasteiger charge is 2.50. The van der Waals surface area contributed by atoms with Gasteiger partial charge < -0.3 is 21.1 Å². The number of ether oxygens (including phenoxy) is 1. The molecule has 2 atom stereocenters. The molecule has 0 aromatic heterocycles. The lowest BCUT2D eigenvalue weighted by molar-refractivity contribution is -0.117. The van der Waals surface area contributed by atoms with Crippen molar-refractivity contribution < 1.29 is 36.9 Å². The first-order chi connectivity index (χ1) is 14.8. The van der Waals surface area contributed by atoms with E-state index in [0.29, 0.717) is 16.0 Å². The number of primary amides is 2. The molecule has 2 aliphatic heterocycles. The molecule has 0 bridgehead atoms. The van der Waals surface area contributed by atoms with Crippen molar-refractivity contribution in [3.8, 4) is 5.75 Å². The fourth-order valence-corrected chi connectivity index (χ4v) is 4.98. The number of nitrogens with zero attached hydrogens (tertiary/aromatic N) is 2. The summed E-state index contributed by atoms with van der Waals surface area (Å²) < 4.78 is 40.1. The second kappa shape index (κ2) is 8.09. The maximum Gasteiger partial charge on any atom is 0.410 e. The highest BCUT2D eigenvalue weighted by atomic mass is 32.2. The molecule has 5 N–H and O–H groups in total. The predicted molar refractivity (Wildman–Crippen MR) is 111 cm³/mol. The van der Waals surface area contributed by atoms with E-state index in [1.54, 1.807) is 0 Å². The van der Waals surface area contributed by atoms with Crippen molar-refractivity contribution in [2.75, 3.05) is 4.90 Å². The van der Waals surface area contributed by atoms with Crippen LogP contribution in [0.5, 0.6) is 5.75 Å². The molecule has 2 aliphatic rings. The number of fused-ring (bicyclic) bond motifs is 2. The lowest BCUT2D eigenvalue weighted by atomic mass is 10.1. The Kier molecular flexibility index (Phi) is 5.80. The van der Waals surface area contributed by atoms with Crippen LogP contribution in [0.4, 0.5) is 10.5 Å². The number of anilines is 1. The van der Waals surface area contributed by atoms with Crippen LogP contribution in [0, 0.1) is 6.92 Å². The fourth-order valence-electron chi connectivity index (χ4n) is 3.83. The van der Waals surface area contributed by atoms with Gasteiger partial charge in [0.1, 0.15) is 5.69 Å². The van der Waals surface area contributed by atoms with E-state index in [9.17, 15) is 32.1 Å². The molecule has 2 heterocycles. The first kappa shape index (κ1) is 23.0. The summed E-state index contributed by atoms with van der Waals surface area (Å²) in [4.78, 5) is 50.3. The van der Waals surface area contributed by atoms with Gasteiger partial charge in [-0.1, -0.05) is 12.1 Å². The average Bonchev–Trinajstić information content (AvgIpc) is 3.03. The molecule has 12 nitrogen and oxygen atoms in total. The van der Waals surface area contributed by atoms with Crippen LogP contribution in [0.1, 0.15) is 29.3 Å². The lowest BCUT2D eigenvalue weighted by Gasteiger charge is -2.33. The van der Waals surface area contributed by atoms with Gasteiger partial charge in [0.25, 0.3) is 16.0 Å². The minimum absolute atomic E-state index is 0.122. The quantitative estimate of drug-likeness (QED) is 0.415. The molecule has 0 spiro atoms. The first-order valence-electron chi connectivity index (χ1n) is 9.20. The summed E-state index contributed by atoms with van der Waals surface area (Å²) in [6, 6.07) is 1.53. The molecule has 0 radical (unpaired) electrons. The summed E-state index contributed by atoms with van der Waals surface area (Å²) in [5.41, 5.74) is 10.4. The molecule has 1 aromatic rings. The second-order valence-electron chi connectivity index (χ2n) is 7.25.